The average Bonchev–Trinajstić information content (AvgIpc) is 3.68. The zero-order valence-electron chi connectivity index (χ0n) is 22.5. The molecule has 2 atom stereocenters. The van der Waals surface area contributed by atoms with Crippen molar-refractivity contribution in [3.63, 3.8) is 0 Å². The van der Waals surface area contributed by atoms with E-state index in [1.54, 1.807) is 36.7 Å². The number of hydrogen-bond donors (Lipinski definition) is 3. The van der Waals surface area contributed by atoms with Crippen LogP contribution in [0.5, 0.6) is 0 Å². The Hall–Kier alpha value is -4.84. The highest BCUT2D eigenvalue weighted by Crippen LogP contribution is 2.30. The number of aromatic amines is 1. The van der Waals surface area contributed by atoms with Crippen LogP contribution in [0.2, 0.25) is 0 Å². The van der Waals surface area contributed by atoms with Gasteiger partial charge < -0.3 is 29.7 Å². The summed E-state index contributed by atoms with van der Waals surface area (Å²) in [6, 6.07) is 13.4. The smallest absolute Gasteiger partial charge is 0.345 e. The monoisotopic (exact) mass is 575 g/mol. The van der Waals surface area contributed by atoms with Crippen molar-refractivity contribution in [3.05, 3.63) is 77.7 Å². The molecule has 0 radical (unpaired) electrons. The number of aromatic nitrogens is 2. The standard InChI is InChI=1S/C30H27F2N5O5/c1-16-2-4-25-21(8-16)22-10-17(3-5-26(22)42-25)28(39)35-14-27(38)37-15-20(41-30(31)32)11-24(37)29(40)34-13-19-9-18-12-33-7-6-23(18)36-19/h2-10,12,20,24,30,36H,11,13-15H2,1H3,(H,34,40)(H,35,39)/t20-,24+/m1/s1. The van der Waals surface area contributed by atoms with Crippen molar-refractivity contribution in [1.29, 1.82) is 0 Å². The van der Waals surface area contributed by atoms with Gasteiger partial charge in [-0.2, -0.15) is 8.78 Å². The number of likely N-dealkylation sites (tertiary alicyclic amines) is 1. The third kappa shape index (κ3) is 5.53. The third-order valence-corrected chi connectivity index (χ3v) is 7.40. The Morgan fingerprint density at radius 2 is 1.88 bits per heavy atom. The zero-order valence-corrected chi connectivity index (χ0v) is 22.5. The van der Waals surface area contributed by atoms with Crippen molar-refractivity contribution in [2.75, 3.05) is 13.1 Å². The molecule has 10 nitrogen and oxygen atoms in total. The van der Waals surface area contributed by atoms with E-state index >= 15 is 0 Å². The topological polar surface area (TPSA) is 130 Å². The maximum absolute atomic E-state index is 13.2. The molecule has 42 heavy (non-hydrogen) atoms. The number of nitrogens with zero attached hydrogens (tertiary/aromatic N) is 2. The van der Waals surface area contributed by atoms with Gasteiger partial charge in [0, 0.05) is 58.3 Å². The Kier molecular flexibility index (Phi) is 7.29. The van der Waals surface area contributed by atoms with E-state index in [1.807, 2.05) is 31.2 Å². The van der Waals surface area contributed by atoms with Crippen LogP contribution in [0.1, 0.15) is 28.0 Å². The number of H-pyrrole nitrogens is 1. The maximum atomic E-state index is 13.2. The van der Waals surface area contributed by atoms with Crippen molar-refractivity contribution in [2.45, 2.75) is 38.6 Å². The number of rotatable bonds is 8. The van der Waals surface area contributed by atoms with Crippen molar-refractivity contribution in [3.8, 4) is 0 Å². The summed E-state index contributed by atoms with van der Waals surface area (Å²) in [6.07, 6.45) is 2.20. The predicted octanol–water partition coefficient (Wildman–Crippen LogP) is 4.03. The molecule has 6 rings (SSSR count). The summed E-state index contributed by atoms with van der Waals surface area (Å²) in [5.74, 6) is -1.61. The van der Waals surface area contributed by atoms with Gasteiger partial charge in [0.1, 0.15) is 17.2 Å². The number of fused-ring (bicyclic) bond motifs is 4. The van der Waals surface area contributed by atoms with E-state index in [0.29, 0.717) is 22.4 Å². The normalized spacial score (nSPS) is 17.0. The molecule has 1 saturated heterocycles. The van der Waals surface area contributed by atoms with Crippen LogP contribution in [0.4, 0.5) is 8.78 Å². The van der Waals surface area contributed by atoms with Crippen LogP contribution in [-0.2, 0) is 20.9 Å². The first-order chi connectivity index (χ1) is 20.2. The van der Waals surface area contributed by atoms with E-state index in [0.717, 1.165) is 27.2 Å². The summed E-state index contributed by atoms with van der Waals surface area (Å²) < 4.78 is 36.4. The number of carbonyl (C=O) groups is 3. The van der Waals surface area contributed by atoms with Gasteiger partial charge >= 0.3 is 6.61 Å². The minimum Gasteiger partial charge on any atom is -0.456 e. The van der Waals surface area contributed by atoms with Crippen molar-refractivity contribution in [2.24, 2.45) is 0 Å². The summed E-state index contributed by atoms with van der Waals surface area (Å²) in [5.41, 5.74) is 4.26. The molecule has 0 spiro atoms. The number of hydrogen-bond acceptors (Lipinski definition) is 6. The number of halogens is 2. The third-order valence-electron chi connectivity index (χ3n) is 7.40. The van der Waals surface area contributed by atoms with E-state index in [9.17, 15) is 23.2 Å². The second-order valence-electron chi connectivity index (χ2n) is 10.3. The van der Waals surface area contributed by atoms with Crippen LogP contribution in [0.15, 0.2) is 65.3 Å². The fourth-order valence-electron chi connectivity index (χ4n) is 5.39. The van der Waals surface area contributed by atoms with Crippen LogP contribution in [0.25, 0.3) is 32.8 Å². The first-order valence-corrected chi connectivity index (χ1v) is 13.4. The lowest BCUT2D eigenvalue weighted by Gasteiger charge is -2.24. The van der Waals surface area contributed by atoms with E-state index in [1.165, 1.54) is 4.90 Å². The molecule has 3 aromatic heterocycles. The van der Waals surface area contributed by atoms with Gasteiger partial charge in [-0.15, -0.1) is 0 Å². The van der Waals surface area contributed by atoms with E-state index in [2.05, 4.69) is 25.3 Å². The number of carbonyl (C=O) groups excluding carboxylic acids is 3. The first-order valence-electron chi connectivity index (χ1n) is 13.4. The lowest BCUT2D eigenvalue weighted by Crippen LogP contribution is -2.49. The molecule has 216 valence electrons. The molecule has 3 amide bonds. The second-order valence-corrected chi connectivity index (χ2v) is 10.3. The summed E-state index contributed by atoms with van der Waals surface area (Å²) >= 11 is 0. The molecule has 2 aromatic carbocycles. The van der Waals surface area contributed by atoms with Gasteiger partial charge in [-0.05, 0) is 49.4 Å². The highest BCUT2D eigenvalue weighted by molar-refractivity contribution is 6.08. The molecule has 5 aromatic rings. The number of furan rings is 1. The molecule has 12 heteroatoms. The Balaban J connectivity index is 1.12. The van der Waals surface area contributed by atoms with E-state index in [-0.39, 0.29) is 19.5 Å². The molecule has 0 aliphatic carbocycles. The number of ether oxygens (including phenoxy) is 1. The van der Waals surface area contributed by atoms with Gasteiger partial charge in [0.2, 0.25) is 11.8 Å². The highest BCUT2D eigenvalue weighted by Gasteiger charge is 2.41. The van der Waals surface area contributed by atoms with Gasteiger partial charge in [0.25, 0.3) is 5.91 Å². The number of benzene rings is 2. The first kappa shape index (κ1) is 27.3. The van der Waals surface area contributed by atoms with Crippen LogP contribution in [-0.4, -0.2) is 64.4 Å². The van der Waals surface area contributed by atoms with Crippen molar-refractivity contribution < 1.29 is 32.3 Å². The van der Waals surface area contributed by atoms with Gasteiger partial charge in [-0.25, -0.2) is 0 Å². The molecule has 4 heterocycles. The van der Waals surface area contributed by atoms with Crippen LogP contribution < -0.4 is 10.6 Å². The fraction of sp³-hybridized carbons (Fsp3) is 0.267. The number of amides is 3. The molecule has 3 N–H and O–H groups in total. The number of pyridine rings is 1. The minimum absolute atomic E-state index is 0.101. The lowest BCUT2D eigenvalue weighted by molar-refractivity contribution is -0.160. The molecular weight excluding hydrogens is 548 g/mol. The fourth-order valence-corrected chi connectivity index (χ4v) is 5.39. The number of aryl methyl sites for hydroxylation is 1. The van der Waals surface area contributed by atoms with Crippen molar-refractivity contribution >= 4 is 50.6 Å². The molecule has 1 fully saturated rings. The quantitative estimate of drug-likeness (QED) is 0.256. The molecule has 1 aliphatic heterocycles. The van der Waals surface area contributed by atoms with Crippen LogP contribution in [0, 0.1) is 6.92 Å². The zero-order chi connectivity index (χ0) is 29.4. The predicted molar refractivity (Wildman–Crippen MR) is 150 cm³/mol. The molecule has 0 bridgehead atoms. The summed E-state index contributed by atoms with van der Waals surface area (Å²) in [6.45, 7) is -1.59. The summed E-state index contributed by atoms with van der Waals surface area (Å²) in [7, 11) is 0. The van der Waals surface area contributed by atoms with Crippen LogP contribution in [0.3, 0.4) is 0 Å². The highest BCUT2D eigenvalue weighted by atomic mass is 19.3. The minimum atomic E-state index is -3.05. The maximum Gasteiger partial charge on any atom is 0.345 e. The molecule has 1 aliphatic rings. The van der Waals surface area contributed by atoms with Crippen LogP contribution >= 0.6 is 0 Å². The van der Waals surface area contributed by atoms with Crippen molar-refractivity contribution in [1.82, 2.24) is 25.5 Å². The Morgan fingerprint density at radius 1 is 1.10 bits per heavy atom. The Morgan fingerprint density at radius 3 is 2.67 bits per heavy atom. The van der Waals surface area contributed by atoms with Gasteiger partial charge in [0.15, 0.2) is 0 Å². The largest absolute Gasteiger partial charge is 0.456 e. The summed E-state index contributed by atoms with van der Waals surface area (Å²) in [5, 5.41) is 7.86. The molecular formula is C30H27F2N5O5. The SMILES string of the molecule is Cc1ccc2oc3ccc(C(=O)NCC(=O)N4C[C@H](OC(F)F)C[C@H]4C(=O)NCc4cc5cnccc5[nH]4)cc3c2c1. The van der Waals surface area contributed by atoms with Gasteiger partial charge in [0.05, 0.1) is 19.2 Å². The van der Waals surface area contributed by atoms with Gasteiger partial charge in [-0.1, -0.05) is 11.6 Å². The van der Waals surface area contributed by atoms with E-state index in [4.69, 9.17) is 4.42 Å². The average molecular weight is 576 g/mol. The summed E-state index contributed by atoms with van der Waals surface area (Å²) in [4.78, 5) is 47.6. The molecule has 0 unspecified atom stereocenters. The second kappa shape index (κ2) is 11.2. The Labute approximate surface area is 238 Å². The van der Waals surface area contributed by atoms with E-state index < -0.39 is 43.0 Å². The Bertz CT molecular complexity index is 1780. The lowest BCUT2D eigenvalue weighted by atomic mass is 10.1. The number of alkyl halides is 2. The molecule has 0 saturated carbocycles. The van der Waals surface area contributed by atoms with Gasteiger partial charge in [-0.3, -0.25) is 19.4 Å². The number of nitrogens with one attached hydrogen (secondary N) is 3.